The second kappa shape index (κ2) is 36.1. The molecule has 5 heteroatoms. The van der Waals surface area contributed by atoms with Crippen LogP contribution in [0.3, 0.4) is 0 Å². The number of aliphatic hydroxyl groups excluding tert-OH is 4. The van der Waals surface area contributed by atoms with E-state index in [2.05, 4.69) is 26.3 Å². The van der Waals surface area contributed by atoms with Crippen molar-refractivity contribution in [1.29, 1.82) is 0 Å². The Kier molecular flexibility index (Phi) is 59.2. The zero-order chi connectivity index (χ0) is 15.4. The Bertz CT molecular complexity index is 160. The second-order valence-electron chi connectivity index (χ2n) is 2.90. The molecule has 0 rings (SSSR count). The molecule has 0 aliphatic rings. The fourth-order valence-electron chi connectivity index (χ4n) is 0. The fourth-order valence-corrected chi connectivity index (χ4v) is 0. The third kappa shape index (κ3) is 135. The van der Waals surface area contributed by atoms with Gasteiger partial charge in [0.2, 0.25) is 0 Å². The quantitative estimate of drug-likeness (QED) is 0.395. The van der Waals surface area contributed by atoms with Crippen LogP contribution in [0.4, 0.5) is 0 Å². The normalized spacial score (nSPS) is 10.0. The van der Waals surface area contributed by atoms with E-state index in [0.717, 1.165) is 0 Å². The van der Waals surface area contributed by atoms with Gasteiger partial charge in [-0.05, 0) is 13.8 Å². The van der Waals surface area contributed by atoms with E-state index < -0.39 is 0 Å². The van der Waals surface area contributed by atoms with E-state index in [0.29, 0.717) is 0 Å². The van der Waals surface area contributed by atoms with Gasteiger partial charge in [-0.2, -0.15) is 0 Å². The monoisotopic (exact) mass is 440 g/mol. The zero-order valence-corrected chi connectivity index (χ0v) is 15.6. The minimum atomic E-state index is -0.352. The number of hydrogen-bond acceptors (Lipinski definition) is 4. The van der Waals surface area contributed by atoms with Crippen LogP contribution >= 0.6 is 0 Å². The van der Waals surface area contributed by atoms with Crippen LogP contribution in [0, 0.1) is 0 Å². The predicted molar refractivity (Wildman–Crippen MR) is 78.3 cm³/mol. The van der Waals surface area contributed by atoms with Crippen molar-refractivity contribution in [2.45, 2.75) is 26.1 Å². The summed E-state index contributed by atoms with van der Waals surface area (Å²) in [5.41, 5.74) is 0. The number of aliphatic hydroxyl groups is 4. The van der Waals surface area contributed by atoms with Crippen LogP contribution in [0.25, 0.3) is 0 Å². The van der Waals surface area contributed by atoms with Gasteiger partial charge in [0, 0.05) is 25.8 Å². The Balaban J connectivity index is -0.0000000453. The standard InChI is InChI=1S/2C4H8O.2C3H6O.Hf/c2*1-3-4(2)5;2*1-2-3-4;/h2*3-5H,1H2,2H3;2*2,4H,1,3H2;. The molecule has 0 radical (unpaired) electrons. The van der Waals surface area contributed by atoms with Crippen LogP contribution in [0.5, 0.6) is 0 Å². The molecule has 0 saturated heterocycles. The van der Waals surface area contributed by atoms with Gasteiger partial charge < -0.3 is 20.4 Å². The molecule has 0 heterocycles. The number of rotatable bonds is 4. The molecule has 4 N–H and O–H groups in total. The average Bonchev–Trinajstić information content (AvgIpc) is 2.39. The van der Waals surface area contributed by atoms with Crippen molar-refractivity contribution in [3.05, 3.63) is 50.6 Å². The van der Waals surface area contributed by atoms with Gasteiger partial charge in [0.25, 0.3) is 0 Å². The second-order valence-corrected chi connectivity index (χ2v) is 2.90. The molecule has 0 aromatic carbocycles. The molecule has 0 saturated carbocycles. The molecular weight excluding hydrogens is 411 g/mol. The third-order valence-corrected chi connectivity index (χ3v) is 0.940. The molecule has 0 aliphatic carbocycles. The first-order valence-electron chi connectivity index (χ1n) is 5.42. The molecule has 4 nitrogen and oxygen atoms in total. The molecule has 0 bridgehead atoms. The van der Waals surface area contributed by atoms with E-state index in [4.69, 9.17) is 20.4 Å². The molecule has 112 valence electrons. The van der Waals surface area contributed by atoms with Crippen molar-refractivity contribution in [2.75, 3.05) is 13.2 Å². The molecule has 19 heavy (non-hydrogen) atoms. The molecule has 0 spiro atoms. The van der Waals surface area contributed by atoms with Crippen molar-refractivity contribution in [2.24, 2.45) is 0 Å². The van der Waals surface area contributed by atoms with Crippen molar-refractivity contribution in [3.8, 4) is 0 Å². The minimum absolute atomic E-state index is 0. The largest absolute Gasteiger partial charge is 0.392 e. The summed E-state index contributed by atoms with van der Waals surface area (Å²) >= 11 is 0. The van der Waals surface area contributed by atoms with Gasteiger partial charge in [-0.15, -0.1) is 26.3 Å². The molecule has 0 aromatic heterocycles. The average molecular weight is 439 g/mol. The van der Waals surface area contributed by atoms with Gasteiger partial charge in [0.15, 0.2) is 0 Å². The van der Waals surface area contributed by atoms with E-state index in [-0.39, 0.29) is 51.3 Å². The van der Waals surface area contributed by atoms with Crippen LogP contribution in [0.15, 0.2) is 50.6 Å². The SMILES string of the molecule is C=CC(C)O.C=CC(C)O.C=CCO.C=CCO.[Hf]. The summed E-state index contributed by atoms with van der Waals surface area (Å²) in [6.45, 7) is 16.6. The van der Waals surface area contributed by atoms with Gasteiger partial charge in [0.05, 0.1) is 25.4 Å². The Morgan fingerprint density at radius 3 is 0.895 bits per heavy atom. The van der Waals surface area contributed by atoms with Crippen molar-refractivity contribution >= 4 is 0 Å². The van der Waals surface area contributed by atoms with Crippen molar-refractivity contribution in [3.63, 3.8) is 0 Å². The van der Waals surface area contributed by atoms with Crippen LogP contribution in [0.1, 0.15) is 13.8 Å². The van der Waals surface area contributed by atoms with Crippen LogP contribution in [-0.4, -0.2) is 45.8 Å². The van der Waals surface area contributed by atoms with E-state index >= 15 is 0 Å². The minimum Gasteiger partial charge on any atom is -0.392 e. The summed E-state index contributed by atoms with van der Waals surface area (Å²) in [5.74, 6) is 0. The molecule has 0 fully saturated rings. The summed E-state index contributed by atoms with van der Waals surface area (Å²) in [6, 6.07) is 0. The summed E-state index contributed by atoms with van der Waals surface area (Å²) in [4.78, 5) is 0. The van der Waals surface area contributed by atoms with Crippen molar-refractivity contribution in [1.82, 2.24) is 0 Å². The van der Waals surface area contributed by atoms with Gasteiger partial charge in [-0.25, -0.2) is 0 Å². The maximum Gasteiger partial charge on any atom is 0.0690 e. The third-order valence-electron chi connectivity index (χ3n) is 0.940. The van der Waals surface area contributed by atoms with E-state index in [1.165, 1.54) is 24.3 Å². The molecular formula is C14H28HfO4. The summed E-state index contributed by atoms with van der Waals surface area (Å²) in [5, 5.41) is 32.0. The molecule has 2 atom stereocenters. The molecule has 2 unspecified atom stereocenters. The van der Waals surface area contributed by atoms with E-state index in [9.17, 15) is 0 Å². The van der Waals surface area contributed by atoms with E-state index in [1.807, 2.05) is 0 Å². The molecule has 0 aromatic rings. The van der Waals surface area contributed by atoms with Gasteiger partial charge in [-0.1, -0.05) is 24.3 Å². The van der Waals surface area contributed by atoms with E-state index in [1.54, 1.807) is 13.8 Å². The van der Waals surface area contributed by atoms with Crippen LogP contribution in [-0.2, 0) is 25.8 Å². The molecule has 0 amide bonds. The first-order valence-corrected chi connectivity index (χ1v) is 5.42. The maximum absolute atomic E-state index is 8.24. The first kappa shape index (κ1) is 31.2. The topological polar surface area (TPSA) is 80.9 Å². The first-order chi connectivity index (χ1) is 8.37. The fraction of sp³-hybridized carbons (Fsp3) is 0.429. The smallest absolute Gasteiger partial charge is 0.0690 e. The zero-order valence-electron chi connectivity index (χ0n) is 12.0. The Morgan fingerprint density at radius 1 is 0.789 bits per heavy atom. The summed E-state index contributed by atoms with van der Waals surface area (Å²) in [7, 11) is 0. The Hall–Kier alpha value is -0.330. The Labute approximate surface area is 136 Å². The maximum atomic E-state index is 8.24. The molecule has 0 aliphatic heterocycles. The predicted octanol–water partition coefficient (Wildman–Crippen LogP) is 1.43. The van der Waals surface area contributed by atoms with Crippen molar-refractivity contribution < 1.29 is 46.3 Å². The van der Waals surface area contributed by atoms with Crippen LogP contribution in [0.2, 0.25) is 0 Å². The van der Waals surface area contributed by atoms with Crippen LogP contribution < -0.4 is 0 Å². The summed E-state index contributed by atoms with van der Waals surface area (Å²) < 4.78 is 0. The van der Waals surface area contributed by atoms with Gasteiger partial charge in [-0.3, -0.25) is 0 Å². The summed E-state index contributed by atoms with van der Waals surface area (Å²) in [6.07, 6.45) is 5.10. The van der Waals surface area contributed by atoms with Gasteiger partial charge in [0.1, 0.15) is 0 Å². The van der Waals surface area contributed by atoms with Gasteiger partial charge >= 0.3 is 0 Å². The Morgan fingerprint density at radius 2 is 0.895 bits per heavy atom. The number of hydrogen-bond donors (Lipinski definition) is 4.